The highest BCUT2D eigenvalue weighted by atomic mass is 32.2. The standard InChI is InChI=1S/C27H21FN4O4S/c1-36-26-25(31-37(34,35)22-10-8-21(28)9-11-22)14-20(15-29-26)19-7-12-24-23(13-19)27(33)32(17-30-24)16-18-5-3-2-4-6-18/h2-15,17,31H,16H2,1H3. The Morgan fingerprint density at radius 2 is 1.70 bits per heavy atom. The molecule has 0 aliphatic heterocycles. The highest BCUT2D eigenvalue weighted by Gasteiger charge is 2.18. The molecule has 5 rings (SSSR count). The lowest BCUT2D eigenvalue weighted by molar-refractivity contribution is 0.400. The van der Waals surface area contributed by atoms with E-state index in [0.29, 0.717) is 28.6 Å². The third kappa shape index (κ3) is 5.05. The first-order valence-electron chi connectivity index (χ1n) is 11.2. The second-order valence-corrected chi connectivity index (χ2v) is 9.92. The quantitative estimate of drug-likeness (QED) is 0.343. The van der Waals surface area contributed by atoms with Crippen molar-refractivity contribution in [2.45, 2.75) is 11.4 Å². The highest BCUT2D eigenvalue weighted by Crippen LogP contribution is 2.31. The molecule has 0 unspecified atom stereocenters. The van der Waals surface area contributed by atoms with E-state index >= 15 is 0 Å². The number of halogens is 1. The minimum absolute atomic E-state index is 0.0575. The first-order valence-corrected chi connectivity index (χ1v) is 12.7. The molecular formula is C27H21FN4O4S. The number of nitrogens with zero attached hydrogens (tertiary/aromatic N) is 3. The zero-order chi connectivity index (χ0) is 26.0. The first kappa shape index (κ1) is 24.1. The predicted octanol–water partition coefficient (Wildman–Crippen LogP) is 4.46. The van der Waals surface area contributed by atoms with Crippen molar-refractivity contribution in [1.29, 1.82) is 0 Å². The highest BCUT2D eigenvalue weighted by molar-refractivity contribution is 7.92. The van der Waals surface area contributed by atoms with Gasteiger partial charge >= 0.3 is 0 Å². The molecule has 1 N–H and O–H groups in total. The van der Waals surface area contributed by atoms with E-state index in [0.717, 1.165) is 29.8 Å². The van der Waals surface area contributed by atoms with Gasteiger partial charge < -0.3 is 4.74 Å². The van der Waals surface area contributed by atoms with Gasteiger partial charge in [-0.1, -0.05) is 36.4 Å². The third-order valence-electron chi connectivity index (χ3n) is 5.77. The fourth-order valence-corrected chi connectivity index (χ4v) is 4.94. The van der Waals surface area contributed by atoms with E-state index in [1.807, 2.05) is 30.3 Å². The third-order valence-corrected chi connectivity index (χ3v) is 7.15. The van der Waals surface area contributed by atoms with Gasteiger partial charge in [-0.15, -0.1) is 0 Å². The predicted molar refractivity (Wildman–Crippen MR) is 139 cm³/mol. The van der Waals surface area contributed by atoms with Gasteiger partial charge in [-0.2, -0.15) is 0 Å². The van der Waals surface area contributed by atoms with Gasteiger partial charge in [0.1, 0.15) is 11.5 Å². The molecule has 0 aliphatic rings. The van der Waals surface area contributed by atoms with Gasteiger partial charge in [0.15, 0.2) is 0 Å². The molecule has 0 amide bonds. The molecule has 0 bridgehead atoms. The van der Waals surface area contributed by atoms with Crippen LogP contribution in [0.4, 0.5) is 10.1 Å². The lowest BCUT2D eigenvalue weighted by atomic mass is 10.0. The average molecular weight is 517 g/mol. The van der Waals surface area contributed by atoms with Gasteiger partial charge in [0.25, 0.3) is 15.6 Å². The molecule has 0 spiro atoms. The van der Waals surface area contributed by atoms with Crippen LogP contribution < -0.4 is 15.0 Å². The SMILES string of the molecule is COc1ncc(-c2ccc3ncn(Cc4ccccc4)c(=O)c3c2)cc1NS(=O)(=O)c1ccc(F)cc1. The first-order chi connectivity index (χ1) is 17.8. The minimum atomic E-state index is -4.04. The monoisotopic (exact) mass is 516 g/mol. The summed E-state index contributed by atoms with van der Waals surface area (Å²) < 4.78 is 48.2. The molecule has 0 atom stereocenters. The second kappa shape index (κ2) is 9.82. The van der Waals surface area contributed by atoms with Crippen LogP contribution in [0, 0.1) is 5.82 Å². The summed E-state index contributed by atoms with van der Waals surface area (Å²) in [6.45, 7) is 0.381. The number of fused-ring (bicyclic) bond motifs is 1. The zero-order valence-corrected chi connectivity index (χ0v) is 20.4. The number of rotatable bonds is 7. The number of anilines is 1. The number of nitrogens with one attached hydrogen (secondary N) is 1. The summed E-state index contributed by atoms with van der Waals surface area (Å²) in [4.78, 5) is 21.8. The number of methoxy groups -OCH3 is 1. The van der Waals surface area contributed by atoms with Crippen molar-refractivity contribution < 1.29 is 17.5 Å². The maximum absolute atomic E-state index is 13.3. The van der Waals surface area contributed by atoms with E-state index in [2.05, 4.69) is 14.7 Å². The Labute approximate surface area is 212 Å². The maximum atomic E-state index is 13.3. The van der Waals surface area contributed by atoms with Crippen molar-refractivity contribution in [2.75, 3.05) is 11.8 Å². The summed E-state index contributed by atoms with van der Waals surface area (Å²) in [5.41, 5.74) is 2.60. The summed E-state index contributed by atoms with van der Waals surface area (Å²) >= 11 is 0. The van der Waals surface area contributed by atoms with Gasteiger partial charge in [-0.05, 0) is 53.6 Å². The van der Waals surface area contributed by atoms with E-state index in [1.165, 1.54) is 24.2 Å². The van der Waals surface area contributed by atoms with Gasteiger partial charge in [-0.25, -0.2) is 22.8 Å². The number of pyridine rings is 1. The van der Waals surface area contributed by atoms with E-state index in [-0.39, 0.29) is 22.0 Å². The van der Waals surface area contributed by atoms with Crippen LogP contribution in [-0.2, 0) is 16.6 Å². The summed E-state index contributed by atoms with van der Waals surface area (Å²) in [6, 6.07) is 20.8. The van der Waals surface area contributed by atoms with Crippen molar-refractivity contribution in [3.05, 3.63) is 113 Å². The van der Waals surface area contributed by atoms with Crippen LogP contribution in [-0.4, -0.2) is 30.1 Å². The van der Waals surface area contributed by atoms with Gasteiger partial charge in [0.05, 0.1) is 35.8 Å². The van der Waals surface area contributed by atoms with Crippen molar-refractivity contribution >= 4 is 26.6 Å². The maximum Gasteiger partial charge on any atom is 0.262 e. The smallest absolute Gasteiger partial charge is 0.262 e. The van der Waals surface area contributed by atoms with Gasteiger partial charge in [0, 0.05) is 11.8 Å². The average Bonchev–Trinajstić information content (AvgIpc) is 2.91. The van der Waals surface area contributed by atoms with Gasteiger partial charge in [0.2, 0.25) is 5.88 Å². The molecule has 2 aromatic heterocycles. The normalized spacial score (nSPS) is 11.4. The Hall–Kier alpha value is -4.57. The lowest BCUT2D eigenvalue weighted by Gasteiger charge is -2.13. The lowest BCUT2D eigenvalue weighted by Crippen LogP contribution is -2.21. The molecule has 5 aromatic rings. The molecular weight excluding hydrogens is 495 g/mol. The van der Waals surface area contributed by atoms with Crippen molar-refractivity contribution in [3.8, 4) is 17.0 Å². The molecule has 0 saturated carbocycles. The van der Waals surface area contributed by atoms with Crippen LogP contribution in [0.2, 0.25) is 0 Å². The largest absolute Gasteiger partial charge is 0.480 e. The zero-order valence-electron chi connectivity index (χ0n) is 19.6. The summed E-state index contributed by atoms with van der Waals surface area (Å²) in [5.74, 6) is -0.490. The van der Waals surface area contributed by atoms with Crippen LogP contribution in [0.1, 0.15) is 5.56 Å². The second-order valence-electron chi connectivity index (χ2n) is 8.24. The Balaban J connectivity index is 1.52. The number of ether oxygens (including phenoxy) is 1. The Bertz CT molecular complexity index is 1760. The summed E-state index contributed by atoms with van der Waals surface area (Å²) in [5, 5.41) is 0.417. The van der Waals surface area contributed by atoms with Crippen molar-refractivity contribution in [1.82, 2.24) is 14.5 Å². The van der Waals surface area contributed by atoms with Crippen LogP contribution in [0.25, 0.3) is 22.0 Å². The van der Waals surface area contributed by atoms with E-state index in [4.69, 9.17) is 4.74 Å². The van der Waals surface area contributed by atoms with Gasteiger partial charge in [-0.3, -0.25) is 14.1 Å². The number of hydrogen-bond donors (Lipinski definition) is 1. The summed E-state index contributed by atoms with van der Waals surface area (Å²) in [6.07, 6.45) is 3.04. The number of sulfonamides is 1. The molecule has 0 saturated heterocycles. The molecule has 0 aliphatic carbocycles. The number of benzene rings is 3. The Morgan fingerprint density at radius 1 is 0.946 bits per heavy atom. The summed E-state index contributed by atoms with van der Waals surface area (Å²) in [7, 11) is -2.67. The number of aromatic nitrogens is 3. The fourth-order valence-electron chi connectivity index (χ4n) is 3.89. The topological polar surface area (TPSA) is 103 Å². The molecule has 2 heterocycles. The Morgan fingerprint density at radius 3 is 2.43 bits per heavy atom. The van der Waals surface area contributed by atoms with E-state index in [9.17, 15) is 17.6 Å². The molecule has 8 nitrogen and oxygen atoms in total. The van der Waals surface area contributed by atoms with Crippen molar-refractivity contribution in [3.63, 3.8) is 0 Å². The van der Waals surface area contributed by atoms with Crippen LogP contribution in [0.15, 0.2) is 101 Å². The molecule has 186 valence electrons. The van der Waals surface area contributed by atoms with Crippen LogP contribution >= 0.6 is 0 Å². The van der Waals surface area contributed by atoms with E-state index < -0.39 is 15.8 Å². The van der Waals surface area contributed by atoms with E-state index in [1.54, 1.807) is 24.3 Å². The molecule has 0 fully saturated rings. The van der Waals surface area contributed by atoms with Crippen molar-refractivity contribution in [2.24, 2.45) is 0 Å². The fraction of sp³-hybridized carbons (Fsp3) is 0.0741. The van der Waals surface area contributed by atoms with Crippen LogP contribution in [0.3, 0.4) is 0 Å². The molecule has 10 heteroatoms. The molecule has 3 aromatic carbocycles. The van der Waals surface area contributed by atoms with Crippen LogP contribution in [0.5, 0.6) is 5.88 Å². The number of hydrogen-bond acceptors (Lipinski definition) is 6. The molecule has 37 heavy (non-hydrogen) atoms. The Kier molecular flexibility index (Phi) is 6.41. The minimum Gasteiger partial charge on any atom is -0.480 e. The molecule has 0 radical (unpaired) electrons.